The molecule has 2 nitrogen and oxygen atoms in total. The molecule has 0 aliphatic heterocycles. The third kappa shape index (κ3) is 5.15. The zero-order valence-corrected chi connectivity index (χ0v) is 15.7. The molecule has 144 valence electrons. The van der Waals surface area contributed by atoms with Crippen molar-refractivity contribution >= 4 is 5.97 Å². The smallest absolute Gasteiger partial charge is 0.341 e. The summed E-state index contributed by atoms with van der Waals surface area (Å²) in [4.78, 5) is 12.4. The van der Waals surface area contributed by atoms with Crippen molar-refractivity contribution in [2.75, 3.05) is 0 Å². The fraction of sp³-hybridized carbons (Fsp3) is 0.435. The Morgan fingerprint density at radius 2 is 1.67 bits per heavy atom. The lowest BCUT2D eigenvalue weighted by Crippen LogP contribution is -2.25. The number of rotatable bonds is 6. The van der Waals surface area contributed by atoms with Crippen LogP contribution in [0.15, 0.2) is 42.5 Å². The van der Waals surface area contributed by atoms with E-state index in [1.807, 2.05) is 0 Å². The lowest BCUT2D eigenvalue weighted by molar-refractivity contribution is 0.0156. The van der Waals surface area contributed by atoms with Gasteiger partial charge in [0.2, 0.25) is 0 Å². The molecule has 0 radical (unpaired) electrons. The molecule has 0 atom stereocenters. The Kier molecular flexibility index (Phi) is 6.59. The van der Waals surface area contributed by atoms with E-state index in [1.165, 1.54) is 43.5 Å². The number of benzene rings is 2. The quantitative estimate of drug-likeness (QED) is 0.538. The average Bonchev–Trinajstić information content (AvgIpc) is 2.68. The highest BCUT2D eigenvalue weighted by Crippen LogP contribution is 2.30. The van der Waals surface area contributed by atoms with Crippen molar-refractivity contribution in [2.45, 2.75) is 58.0 Å². The molecule has 1 fully saturated rings. The van der Waals surface area contributed by atoms with E-state index in [1.54, 1.807) is 18.2 Å². The predicted octanol–water partition coefficient (Wildman–Crippen LogP) is 6.54. The molecule has 0 aromatic heterocycles. The van der Waals surface area contributed by atoms with Crippen LogP contribution < -0.4 is 0 Å². The van der Waals surface area contributed by atoms with Gasteiger partial charge in [-0.3, -0.25) is 0 Å². The third-order valence-corrected chi connectivity index (χ3v) is 5.40. The molecule has 2 aromatic carbocycles. The van der Waals surface area contributed by atoms with Gasteiger partial charge in [-0.2, -0.15) is 0 Å². The maximum atomic E-state index is 14.4. The van der Waals surface area contributed by atoms with Gasteiger partial charge in [0.05, 0.1) is 5.56 Å². The van der Waals surface area contributed by atoms with Crippen LogP contribution in [-0.4, -0.2) is 12.1 Å². The minimum Gasteiger partial charge on any atom is -0.459 e. The van der Waals surface area contributed by atoms with E-state index in [9.17, 15) is 13.6 Å². The van der Waals surface area contributed by atoms with Gasteiger partial charge in [-0.25, -0.2) is 13.6 Å². The van der Waals surface area contributed by atoms with Crippen molar-refractivity contribution in [1.82, 2.24) is 0 Å². The number of esters is 1. The van der Waals surface area contributed by atoms with Gasteiger partial charge in [0, 0.05) is 0 Å². The van der Waals surface area contributed by atoms with Crippen molar-refractivity contribution < 1.29 is 18.3 Å². The molecule has 27 heavy (non-hydrogen) atoms. The van der Waals surface area contributed by atoms with Crippen LogP contribution in [0.3, 0.4) is 0 Å². The summed E-state index contributed by atoms with van der Waals surface area (Å²) >= 11 is 0. The molecular formula is C23H26F2O2. The van der Waals surface area contributed by atoms with Crippen LogP contribution in [0, 0.1) is 17.6 Å². The SMILES string of the molecule is CCCCC1CCC(OC(=O)c2ccc(-c3ccc(F)cc3)cc2F)CC1. The third-order valence-electron chi connectivity index (χ3n) is 5.40. The number of unbranched alkanes of at least 4 members (excludes halogenated alkanes) is 1. The Morgan fingerprint density at radius 3 is 2.30 bits per heavy atom. The second-order valence-electron chi connectivity index (χ2n) is 7.39. The molecule has 0 spiro atoms. The van der Waals surface area contributed by atoms with E-state index in [4.69, 9.17) is 4.74 Å². The van der Waals surface area contributed by atoms with E-state index in [0.29, 0.717) is 11.1 Å². The fourth-order valence-electron chi connectivity index (χ4n) is 3.75. The molecule has 1 aliphatic carbocycles. The van der Waals surface area contributed by atoms with Gasteiger partial charge in [-0.15, -0.1) is 0 Å². The van der Waals surface area contributed by atoms with Crippen LogP contribution >= 0.6 is 0 Å². The number of hydrogen-bond donors (Lipinski definition) is 0. The lowest BCUT2D eigenvalue weighted by atomic mass is 9.84. The Labute approximate surface area is 159 Å². The van der Waals surface area contributed by atoms with Crippen molar-refractivity contribution in [3.05, 3.63) is 59.7 Å². The topological polar surface area (TPSA) is 26.3 Å². The van der Waals surface area contributed by atoms with Crippen LogP contribution in [0.4, 0.5) is 8.78 Å². The van der Waals surface area contributed by atoms with Gasteiger partial charge >= 0.3 is 5.97 Å². The molecule has 2 aromatic rings. The maximum absolute atomic E-state index is 14.4. The Bertz CT molecular complexity index is 762. The van der Waals surface area contributed by atoms with Gasteiger partial charge in [-0.05, 0) is 67.0 Å². The van der Waals surface area contributed by atoms with Crippen LogP contribution in [0.2, 0.25) is 0 Å². The Balaban J connectivity index is 1.60. The van der Waals surface area contributed by atoms with Crippen LogP contribution in [0.5, 0.6) is 0 Å². The molecule has 0 heterocycles. The Hall–Kier alpha value is -2.23. The summed E-state index contributed by atoms with van der Waals surface area (Å²) in [5.41, 5.74) is 1.25. The number of carbonyl (C=O) groups excluding carboxylic acids is 1. The highest BCUT2D eigenvalue weighted by molar-refractivity contribution is 5.90. The highest BCUT2D eigenvalue weighted by Gasteiger charge is 2.25. The molecule has 0 unspecified atom stereocenters. The zero-order valence-electron chi connectivity index (χ0n) is 15.7. The van der Waals surface area contributed by atoms with E-state index in [2.05, 4.69) is 6.92 Å². The summed E-state index contributed by atoms with van der Waals surface area (Å²) in [6.07, 6.45) is 7.45. The first kappa shape index (κ1) is 19.5. The van der Waals surface area contributed by atoms with E-state index >= 15 is 0 Å². The molecule has 4 heteroatoms. The van der Waals surface area contributed by atoms with E-state index < -0.39 is 11.8 Å². The first-order valence-corrected chi connectivity index (χ1v) is 9.83. The normalized spacial score (nSPS) is 19.7. The van der Waals surface area contributed by atoms with Crippen LogP contribution in [0.25, 0.3) is 11.1 Å². The van der Waals surface area contributed by atoms with Crippen molar-refractivity contribution in [1.29, 1.82) is 0 Å². The number of halogens is 2. The lowest BCUT2D eigenvalue weighted by Gasteiger charge is -2.28. The summed E-state index contributed by atoms with van der Waals surface area (Å²) in [5, 5.41) is 0. The van der Waals surface area contributed by atoms with Gasteiger partial charge in [0.1, 0.15) is 17.7 Å². The molecule has 0 bridgehead atoms. The van der Waals surface area contributed by atoms with Gasteiger partial charge in [0.15, 0.2) is 0 Å². The molecule has 1 aliphatic rings. The molecular weight excluding hydrogens is 346 g/mol. The molecule has 0 amide bonds. The summed E-state index contributed by atoms with van der Waals surface area (Å²) in [5.74, 6) is -0.830. The monoisotopic (exact) mass is 372 g/mol. The van der Waals surface area contributed by atoms with E-state index in [-0.39, 0.29) is 17.5 Å². The minimum absolute atomic E-state index is 0.0473. The summed E-state index contributed by atoms with van der Waals surface area (Å²) in [7, 11) is 0. The second kappa shape index (κ2) is 9.12. The minimum atomic E-state index is -0.613. The first-order chi connectivity index (χ1) is 13.1. The van der Waals surface area contributed by atoms with Gasteiger partial charge in [-0.1, -0.05) is 44.4 Å². The van der Waals surface area contributed by atoms with Gasteiger partial charge in [0.25, 0.3) is 0 Å². The highest BCUT2D eigenvalue weighted by atomic mass is 19.1. The maximum Gasteiger partial charge on any atom is 0.341 e. The average molecular weight is 372 g/mol. The molecule has 0 saturated heterocycles. The van der Waals surface area contributed by atoms with Crippen molar-refractivity contribution in [2.24, 2.45) is 5.92 Å². The summed E-state index contributed by atoms with van der Waals surface area (Å²) < 4.78 is 33.0. The van der Waals surface area contributed by atoms with E-state index in [0.717, 1.165) is 31.6 Å². The predicted molar refractivity (Wildman–Crippen MR) is 102 cm³/mol. The standard InChI is InChI=1S/C23H26F2O2/c1-2-3-4-16-5-12-20(13-6-16)27-23(26)21-14-9-18(15-22(21)25)17-7-10-19(24)11-8-17/h7-11,14-16,20H,2-6,12-13H2,1H3. The molecule has 1 saturated carbocycles. The summed E-state index contributed by atoms with van der Waals surface area (Å²) in [6, 6.07) is 10.2. The first-order valence-electron chi connectivity index (χ1n) is 9.83. The largest absolute Gasteiger partial charge is 0.459 e. The number of hydrogen-bond acceptors (Lipinski definition) is 2. The van der Waals surface area contributed by atoms with Gasteiger partial charge < -0.3 is 4.74 Å². The fourth-order valence-corrected chi connectivity index (χ4v) is 3.75. The van der Waals surface area contributed by atoms with Crippen LogP contribution in [0.1, 0.15) is 62.2 Å². The number of carbonyl (C=O) groups is 1. The molecule has 3 rings (SSSR count). The zero-order chi connectivity index (χ0) is 19.2. The Morgan fingerprint density at radius 1 is 1.00 bits per heavy atom. The van der Waals surface area contributed by atoms with Crippen molar-refractivity contribution in [3.63, 3.8) is 0 Å². The molecule has 0 N–H and O–H groups in total. The number of ether oxygens (including phenoxy) is 1. The second-order valence-corrected chi connectivity index (χ2v) is 7.39. The summed E-state index contributed by atoms with van der Waals surface area (Å²) in [6.45, 7) is 2.20. The van der Waals surface area contributed by atoms with Crippen molar-refractivity contribution in [3.8, 4) is 11.1 Å². The van der Waals surface area contributed by atoms with Crippen LogP contribution in [-0.2, 0) is 4.74 Å².